The van der Waals surface area contributed by atoms with E-state index in [1.165, 1.54) is 6.07 Å². The number of halogens is 2. The van der Waals surface area contributed by atoms with E-state index >= 15 is 0 Å². The van der Waals surface area contributed by atoms with E-state index in [2.05, 4.69) is 24.2 Å². The lowest BCUT2D eigenvalue weighted by Gasteiger charge is -2.32. The molecule has 0 bridgehead atoms. The summed E-state index contributed by atoms with van der Waals surface area (Å²) in [5.41, 5.74) is 1.21. The summed E-state index contributed by atoms with van der Waals surface area (Å²) in [6.45, 7) is 6.28. The van der Waals surface area contributed by atoms with Gasteiger partial charge in [0, 0.05) is 32.2 Å². The van der Waals surface area contributed by atoms with Crippen LogP contribution in [-0.2, 0) is 22.8 Å². The molecule has 0 aliphatic carbocycles. The van der Waals surface area contributed by atoms with Crippen molar-refractivity contribution in [2.45, 2.75) is 33.2 Å². The fourth-order valence-corrected chi connectivity index (χ4v) is 5.46. The zero-order valence-corrected chi connectivity index (χ0v) is 16.7. The molecule has 1 N–H and O–H groups in total. The van der Waals surface area contributed by atoms with Crippen molar-refractivity contribution in [2.24, 2.45) is 16.8 Å². The molecule has 8 heteroatoms. The van der Waals surface area contributed by atoms with Gasteiger partial charge in [0.1, 0.15) is 11.6 Å². The number of aliphatic imine (C=N–C) groups is 1. The molecule has 1 atom stereocenters. The third kappa shape index (κ3) is 5.18. The van der Waals surface area contributed by atoms with E-state index in [4.69, 9.17) is 0 Å². The monoisotopic (exact) mass is 399 g/mol. The molecule has 2 aliphatic heterocycles. The highest BCUT2D eigenvalue weighted by Crippen LogP contribution is 2.23. The summed E-state index contributed by atoms with van der Waals surface area (Å²) in [5, 5.41) is 3.31. The molecule has 0 spiro atoms. The average Bonchev–Trinajstić information content (AvgIpc) is 2.93. The summed E-state index contributed by atoms with van der Waals surface area (Å²) in [6, 6.07) is 2.31. The second kappa shape index (κ2) is 8.12. The largest absolute Gasteiger partial charge is 0.356 e. The lowest BCUT2D eigenvalue weighted by Crippen LogP contribution is -2.46. The minimum absolute atomic E-state index is 0.0752. The molecule has 1 aromatic carbocycles. The molecule has 1 saturated heterocycles. The molecule has 0 aromatic heterocycles. The van der Waals surface area contributed by atoms with Gasteiger partial charge in [-0.1, -0.05) is 13.8 Å². The van der Waals surface area contributed by atoms with Crippen LogP contribution in [0, 0.1) is 23.5 Å². The summed E-state index contributed by atoms with van der Waals surface area (Å²) < 4.78 is 50.9. The van der Waals surface area contributed by atoms with E-state index in [1.54, 1.807) is 0 Å². The van der Waals surface area contributed by atoms with Crippen molar-refractivity contribution in [2.75, 3.05) is 31.1 Å². The Morgan fingerprint density at radius 2 is 2.15 bits per heavy atom. The van der Waals surface area contributed by atoms with E-state index in [0.29, 0.717) is 62.0 Å². The van der Waals surface area contributed by atoms with E-state index in [1.807, 2.05) is 4.90 Å². The molecule has 1 aromatic rings. The van der Waals surface area contributed by atoms with Crippen molar-refractivity contribution in [1.29, 1.82) is 0 Å². The Hall–Kier alpha value is -1.70. The molecule has 27 heavy (non-hydrogen) atoms. The van der Waals surface area contributed by atoms with Crippen LogP contribution in [0.3, 0.4) is 0 Å². The SMILES string of the molecule is CC(C)CN=C(NCC1CCS(=O)(=O)C1)N1CCc2c(F)cc(F)cc2C1. The van der Waals surface area contributed by atoms with Crippen molar-refractivity contribution in [3.8, 4) is 0 Å². The standard InChI is InChI=1S/C19H27F2N3O2S/c1-13(2)9-22-19(23-10-14-4-6-27(25,26)12-14)24-5-3-17-15(11-24)7-16(20)8-18(17)21/h7-8,13-14H,3-6,9-12H2,1-2H3,(H,22,23). The third-order valence-electron chi connectivity index (χ3n) is 5.03. The smallest absolute Gasteiger partial charge is 0.194 e. The number of fused-ring (bicyclic) bond motifs is 1. The molecular weight excluding hydrogens is 372 g/mol. The lowest BCUT2D eigenvalue weighted by atomic mass is 9.99. The van der Waals surface area contributed by atoms with Crippen LogP contribution in [0.1, 0.15) is 31.4 Å². The second-order valence-corrected chi connectivity index (χ2v) is 10.1. The number of hydrogen-bond donors (Lipinski definition) is 1. The molecule has 2 heterocycles. The van der Waals surface area contributed by atoms with Gasteiger partial charge in [-0.2, -0.15) is 0 Å². The maximum Gasteiger partial charge on any atom is 0.194 e. The second-order valence-electron chi connectivity index (χ2n) is 7.90. The number of guanidine groups is 1. The summed E-state index contributed by atoms with van der Waals surface area (Å²) in [5.74, 6) is 0.520. The maximum absolute atomic E-state index is 14.0. The fourth-order valence-electron chi connectivity index (χ4n) is 3.60. The third-order valence-corrected chi connectivity index (χ3v) is 6.86. The first-order valence-corrected chi connectivity index (χ1v) is 11.3. The zero-order chi connectivity index (χ0) is 19.6. The van der Waals surface area contributed by atoms with Crippen molar-refractivity contribution < 1.29 is 17.2 Å². The number of nitrogens with one attached hydrogen (secondary N) is 1. The van der Waals surface area contributed by atoms with Crippen LogP contribution in [0.2, 0.25) is 0 Å². The Morgan fingerprint density at radius 3 is 2.81 bits per heavy atom. The summed E-state index contributed by atoms with van der Waals surface area (Å²) in [4.78, 5) is 6.65. The normalized spacial score (nSPS) is 22.2. The first kappa shape index (κ1) is 20.0. The number of rotatable bonds is 4. The van der Waals surface area contributed by atoms with Gasteiger partial charge in [-0.05, 0) is 41.9 Å². The van der Waals surface area contributed by atoms with Gasteiger partial charge in [0.2, 0.25) is 0 Å². The highest BCUT2D eigenvalue weighted by atomic mass is 32.2. The quantitative estimate of drug-likeness (QED) is 0.624. The molecule has 0 amide bonds. The molecule has 0 saturated carbocycles. The number of hydrogen-bond acceptors (Lipinski definition) is 3. The van der Waals surface area contributed by atoms with Crippen molar-refractivity contribution in [3.63, 3.8) is 0 Å². The van der Waals surface area contributed by atoms with Crippen molar-refractivity contribution >= 4 is 15.8 Å². The predicted octanol–water partition coefficient (Wildman–Crippen LogP) is 2.36. The van der Waals surface area contributed by atoms with Gasteiger partial charge in [-0.3, -0.25) is 4.99 Å². The minimum Gasteiger partial charge on any atom is -0.356 e. The highest BCUT2D eigenvalue weighted by molar-refractivity contribution is 7.91. The fraction of sp³-hybridized carbons (Fsp3) is 0.632. The van der Waals surface area contributed by atoms with Crippen LogP contribution in [0.5, 0.6) is 0 Å². The summed E-state index contributed by atoms with van der Waals surface area (Å²) in [6.07, 6.45) is 1.15. The number of sulfone groups is 1. The van der Waals surface area contributed by atoms with Gasteiger partial charge in [0.25, 0.3) is 0 Å². The van der Waals surface area contributed by atoms with E-state index in [9.17, 15) is 17.2 Å². The van der Waals surface area contributed by atoms with Gasteiger partial charge in [0.15, 0.2) is 15.8 Å². The van der Waals surface area contributed by atoms with E-state index < -0.39 is 21.5 Å². The molecule has 0 radical (unpaired) electrons. The zero-order valence-electron chi connectivity index (χ0n) is 15.8. The topological polar surface area (TPSA) is 61.8 Å². The van der Waals surface area contributed by atoms with Crippen LogP contribution in [0.15, 0.2) is 17.1 Å². The average molecular weight is 400 g/mol. The summed E-state index contributed by atoms with van der Waals surface area (Å²) in [7, 11) is -2.92. The maximum atomic E-state index is 14.0. The first-order valence-electron chi connectivity index (χ1n) is 9.44. The van der Waals surface area contributed by atoms with Gasteiger partial charge in [0.05, 0.1) is 11.5 Å². The highest BCUT2D eigenvalue weighted by Gasteiger charge is 2.29. The Labute approximate surface area is 159 Å². The van der Waals surface area contributed by atoms with Crippen LogP contribution in [0.25, 0.3) is 0 Å². The number of nitrogens with zero attached hydrogens (tertiary/aromatic N) is 2. The number of benzene rings is 1. The van der Waals surface area contributed by atoms with E-state index in [-0.39, 0.29) is 17.4 Å². The Kier molecular flexibility index (Phi) is 6.03. The van der Waals surface area contributed by atoms with Gasteiger partial charge in [-0.15, -0.1) is 0 Å². The van der Waals surface area contributed by atoms with Crippen LogP contribution >= 0.6 is 0 Å². The van der Waals surface area contributed by atoms with Crippen molar-refractivity contribution in [1.82, 2.24) is 10.2 Å². The Morgan fingerprint density at radius 1 is 1.37 bits per heavy atom. The molecule has 3 rings (SSSR count). The van der Waals surface area contributed by atoms with Gasteiger partial charge >= 0.3 is 0 Å². The summed E-state index contributed by atoms with van der Waals surface area (Å²) >= 11 is 0. The van der Waals surface area contributed by atoms with Crippen molar-refractivity contribution in [3.05, 3.63) is 34.9 Å². The molecule has 5 nitrogen and oxygen atoms in total. The predicted molar refractivity (Wildman–Crippen MR) is 102 cm³/mol. The van der Waals surface area contributed by atoms with Crippen LogP contribution in [-0.4, -0.2) is 50.4 Å². The lowest BCUT2D eigenvalue weighted by molar-refractivity contribution is 0.365. The van der Waals surface area contributed by atoms with Gasteiger partial charge in [-0.25, -0.2) is 17.2 Å². The Balaban J connectivity index is 1.72. The van der Waals surface area contributed by atoms with Crippen LogP contribution < -0.4 is 5.32 Å². The molecule has 150 valence electrons. The molecular formula is C19H27F2N3O2S. The molecule has 1 unspecified atom stereocenters. The Bertz CT molecular complexity index is 824. The molecule has 2 aliphatic rings. The first-order chi connectivity index (χ1) is 12.7. The van der Waals surface area contributed by atoms with Gasteiger partial charge < -0.3 is 10.2 Å². The minimum atomic E-state index is -2.92. The van der Waals surface area contributed by atoms with E-state index in [0.717, 1.165) is 6.07 Å². The molecule has 1 fully saturated rings. The van der Waals surface area contributed by atoms with Crippen LogP contribution in [0.4, 0.5) is 8.78 Å².